The molecule has 0 fully saturated rings. The van der Waals surface area contributed by atoms with Crippen molar-refractivity contribution < 1.29 is 8.42 Å². The minimum absolute atomic E-state index is 0.0220. The van der Waals surface area contributed by atoms with E-state index in [1.165, 1.54) is 0 Å². The maximum Gasteiger partial charge on any atom is 0.159 e. The number of nitrogens with zero attached hydrogens (tertiary/aromatic N) is 2. The van der Waals surface area contributed by atoms with Gasteiger partial charge in [0.15, 0.2) is 9.84 Å². The molecule has 0 aromatic carbocycles. The quantitative estimate of drug-likeness (QED) is 0.726. The summed E-state index contributed by atoms with van der Waals surface area (Å²) in [4.78, 5) is 3.97. The van der Waals surface area contributed by atoms with Crippen LogP contribution in [0.3, 0.4) is 0 Å². The standard InChI is InChI=1S/C8H14N2O2S/c1-7(2)13(11,12)6-8-9-4-5-10(8)3/h4-5,7H,6H2,1-3H3. The molecule has 74 valence electrons. The van der Waals surface area contributed by atoms with Crippen LogP contribution in [0.1, 0.15) is 19.7 Å². The summed E-state index contributed by atoms with van der Waals surface area (Å²) in [6, 6.07) is 0. The van der Waals surface area contributed by atoms with Gasteiger partial charge in [-0.05, 0) is 13.8 Å². The zero-order valence-electron chi connectivity index (χ0n) is 8.06. The first-order chi connectivity index (χ1) is 5.93. The highest BCUT2D eigenvalue weighted by molar-refractivity contribution is 7.91. The number of aryl methyl sites for hydroxylation is 1. The lowest BCUT2D eigenvalue weighted by Gasteiger charge is -2.06. The molecule has 1 aromatic rings. The summed E-state index contributed by atoms with van der Waals surface area (Å²) in [6.07, 6.45) is 3.34. The van der Waals surface area contributed by atoms with Gasteiger partial charge in [-0.2, -0.15) is 0 Å². The van der Waals surface area contributed by atoms with E-state index in [2.05, 4.69) is 4.98 Å². The Balaban J connectivity index is 2.88. The lowest BCUT2D eigenvalue weighted by molar-refractivity contribution is 0.583. The van der Waals surface area contributed by atoms with Crippen molar-refractivity contribution in [2.75, 3.05) is 0 Å². The van der Waals surface area contributed by atoms with Gasteiger partial charge in [0.2, 0.25) is 0 Å². The van der Waals surface area contributed by atoms with Crippen molar-refractivity contribution >= 4 is 9.84 Å². The van der Waals surface area contributed by atoms with Crippen LogP contribution in [0.2, 0.25) is 0 Å². The summed E-state index contributed by atoms with van der Waals surface area (Å²) in [7, 11) is -1.24. The molecule has 0 spiro atoms. The second kappa shape index (κ2) is 3.49. The fraction of sp³-hybridized carbons (Fsp3) is 0.625. The first kappa shape index (κ1) is 10.2. The van der Waals surface area contributed by atoms with Crippen LogP contribution in [0.25, 0.3) is 0 Å². The molecule has 1 rings (SSSR count). The third-order valence-electron chi connectivity index (χ3n) is 1.97. The van der Waals surface area contributed by atoms with Gasteiger partial charge in [0, 0.05) is 19.4 Å². The molecule has 0 amide bonds. The van der Waals surface area contributed by atoms with E-state index in [1.54, 1.807) is 37.9 Å². The Kier molecular flexibility index (Phi) is 2.75. The van der Waals surface area contributed by atoms with Crippen molar-refractivity contribution in [1.82, 2.24) is 9.55 Å². The highest BCUT2D eigenvalue weighted by Crippen LogP contribution is 2.08. The van der Waals surface area contributed by atoms with E-state index in [9.17, 15) is 8.42 Å². The first-order valence-electron chi connectivity index (χ1n) is 4.11. The molecule has 4 nitrogen and oxygen atoms in total. The van der Waals surface area contributed by atoms with Crippen molar-refractivity contribution in [2.45, 2.75) is 24.9 Å². The minimum atomic E-state index is -3.03. The van der Waals surface area contributed by atoms with Crippen LogP contribution in [-0.2, 0) is 22.6 Å². The molecule has 0 bridgehead atoms. The second-order valence-electron chi connectivity index (χ2n) is 3.31. The number of rotatable bonds is 3. The van der Waals surface area contributed by atoms with Crippen molar-refractivity contribution in [1.29, 1.82) is 0 Å². The maximum atomic E-state index is 11.5. The Morgan fingerprint density at radius 1 is 1.54 bits per heavy atom. The Hall–Kier alpha value is -0.840. The van der Waals surface area contributed by atoms with E-state index in [0.717, 1.165) is 0 Å². The van der Waals surface area contributed by atoms with Crippen molar-refractivity contribution in [3.63, 3.8) is 0 Å². The molecular weight excluding hydrogens is 188 g/mol. The van der Waals surface area contributed by atoms with E-state index in [1.807, 2.05) is 0 Å². The molecule has 0 aliphatic heterocycles. The molecule has 0 saturated heterocycles. The van der Waals surface area contributed by atoms with Gasteiger partial charge in [0.1, 0.15) is 11.6 Å². The number of imidazole rings is 1. The van der Waals surface area contributed by atoms with Gasteiger partial charge in [0.05, 0.1) is 5.25 Å². The third kappa shape index (κ3) is 2.30. The van der Waals surface area contributed by atoms with Crippen LogP contribution in [-0.4, -0.2) is 23.2 Å². The van der Waals surface area contributed by atoms with Gasteiger partial charge in [-0.1, -0.05) is 0 Å². The van der Waals surface area contributed by atoms with Crippen LogP contribution >= 0.6 is 0 Å². The monoisotopic (exact) mass is 202 g/mol. The zero-order chi connectivity index (χ0) is 10.1. The average Bonchev–Trinajstić information content (AvgIpc) is 2.35. The van der Waals surface area contributed by atoms with Crippen LogP contribution in [0.15, 0.2) is 12.4 Å². The van der Waals surface area contributed by atoms with E-state index in [4.69, 9.17) is 0 Å². The SMILES string of the molecule is CC(C)S(=O)(=O)Cc1nccn1C. The first-order valence-corrected chi connectivity index (χ1v) is 5.83. The van der Waals surface area contributed by atoms with Gasteiger partial charge in [-0.15, -0.1) is 0 Å². The topological polar surface area (TPSA) is 52.0 Å². The summed E-state index contributed by atoms with van der Waals surface area (Å²) >= 11 is 0. The predicted molar refractivity (Wildman–Crippen MR) is 51.0 cm³/mol. The molecule has 0 unspecified atom stereocenters. The Morgan fingerprint density at radius 3 is 2.54 bits per heavy atom. The number of hydrogen-bond acceptors (Lipinski definition) is 3. The molecule has 0 radical (unpaired) electrons. The largest absolute Gasteiger partial charge is 0.337 e. The molecule has 5 heteroatoms. The van der Waals surface area contributed by atoms with E-state index < -0.39 is 9.84 Å². The summed E-state index contributed by atoms with van der Waals surface area (Å²) in [5.41, 5.74) is 0. The lowest BCUT2D eigenvalue weighted by atomic mass is 10.6. The summed E-state index contributed by atoms with van der Waals surface area (Å²) in [6.45, 7) is 3.36. The minimum Gasteiger partial charge on any atom is -0.337 e. The molecule has 0 atom stereocenters. The fourth-order valence-corrected chi connectivity index (χ4v) is 1.85. The zero-order valence-corrected chi connectivity index (χ0v) is 8.87. The highest BCUT2D eigenvalue weighted by atomic mass is 32.2. The highest BCUT2D eigenvalue weighted by Gasteiger charge is 2.18. The summed E-state index contributed by atoms with van der Waals surface area (Å²) in [5.74, 6) is 0.613. The molecular formula is C8H14N2O2S. The number of sulfone groups is 1. The van der Waals surface area contributed by atoms with Gasteiger partial charge in [-0.25, -0.2) is 13.4 Å². The van der Waals surface area contributed by atoms with Gasteiger partial charge in [0.25, 0.3) is 0 Å². The van der Waals surface area contributed by atoms with E-state index >= 15 is 0 Å². The molecule has 1 aromatic heterocycles. The summed E-state index contributed by atoms with van der Waals surface area (Å²) < 4.78 is 24.7. The molecule has 0 aliphatic carbocycles. The van der Waals surface area contributed by atoms with Gasteiger partial charge in [-0.3, -0.25) is 0 Å². The number of aromatic nitrogens is 2. The maximum absolute atomic E-state index is 11.5. The van der Waals surface area contributed by atoms with E-state index in [-0.39, 0.29) is 11.0 Å². The smallest absolute Gasteiger partial charge is 0.159 e. The molecule has 13 heavy (non-hydrogen) atoms. The van der Waals surface area contributed by atoms with Crippen molar-refractivity contribution in [3.05, 3.63) is 18.2 Å². The number of hydrogen-bond donors (Lipinski definition) is 0. The Labute approximate surface area is 78.5 Å². The molecule has 0 saturated carbocycles. The summed E-state index contributed by atoms with van der Waals surface area (Å²) in [5, 5.41) is -0.343. The molecule has 1 heterocycles. The van der Waals surface area contributed by atoms with Crippen LogP contribution in [0, 0.1) is 0 Å². The predicted octanol–water partition coefficient (Wildman–Crippen LogP) is 0.743. The molecule has 0 N–H and O–H groups in total. The van der Waals surface area contributed by atoms with Crippen LogP contribution in [0.4, 0.5) is 0 Å². The Bertz CT molecular complexity index is 379. The molecule has 0 aliphatic rings. The average molecular weight is 202 g/mol. The normalized spacial score (nSPS) is 12.3. The van der Waals surface area contributed by atoms with Gasteiger partial charge >= 0.3 is 0 Å². The van der Waals surface area contributed by atoms with E-state index in [0.29, 0.717) is 5.82 Å². The van der Waals surface area contributed by atoms with Crippen molar-refractivity contribution in [3.8, 4) is 0 Å². The fourth-order valence-electron chi connectivity index (χ4n) is 0.882. The van der Waals surface area contributed by atoms with Crippen molar-refractivity contribution in [2.24, 2.45) is 7.05 Å². The van der Waals surface area contributed by atoms with Crippen LogP contribution in [0.5, 0.6) is 0 Å². The third-order valence-corrected chi connectivity index (χ3v) is 4.07. The Morgan fingerprint density at radius 2 is 2.15 bits per heavy atom. The van der Waals surface area contributed by atoms with Crippen LogP contribution < -0.4 is 0 Å². The lowest BCUT2D eigenvalue weighted by Crippen LogP contribution is -2.18. The second-order valence-corrected chi connectivity index (χ2v) is 5.87. The van der Waals surface area contributed by atoms with Gasteiger partial charge < -0.3 is 4.57 Å².